The monoisotopic (exact) mass is 339 g/mol. The molecule has 0 aliphatic carbocycles. The van der Waals surface area contributed by atoms with E-state index in [1.54, 1.807) is 11.9 Å². The van der Waals surface area contributed by atoms with Crippen molar-refractivity contribution >= 4 is 23.3 Å². The van der Waals surface area contributed by atoms with Crippen molar-refractivity contribution < 1.29 is 4.79 Å². The minimum absolute atomic E-state index is 0.167. The molecule has 0 fully saturated rings. The van der Waals surface area contributed by atoms with Crippen LogP contribution in [0.4, 0.5) is 10.5 Å². The fourth-order valence-electron chi connectivity index (χ4n) is 2.45. The molecule has 2 aromatic carbocycles. The molecule has 0 atom stereocenters. The van der Waals surface area contributed by atoms with Crippen molar-refractivity contribution in [2.24, 2.45) is 0 Å². The number of urea groups is 1. The van der Waals surface area contributed by atoms with Gasteiger partial charge in [0, 0.05) is 42.4 Å². The van der Waals surface area contributed by atoms with E-state index in [4.69, 9.17) is 11.6 Å². The number of carbonyl (C=O) groups is 1. The van der Waals surface area contributed by atoms with Crippen molar-refractivity contribution in [3.8, 4) is 5.69 Å². The molecule has 1 N–H and O–H groups in total. The number of hydrogen-bond donors (Lipinski definition) is 1. The molecule has 0 saturated carbocycles. The molecule has 0 radical (unpaired) electrons. The Morgan fingerprint density at radius 1 is 1.08 bits per heavy atom. The summed E-state index contributed by atoms with van der Waals surface area (Å²) in [4.78, 5) is 14.0. The predicted octanol–water partition coefficient (Wildman–Crippen LogP) is 4.79. The van der Waals surface area contributed by atoms with Crippen LogP contribution in [0.5, 0.6) is 0 Å². The van der Waals surface area contributed by atoms with Crippen LogP contribution in [0.25, 0.3) is 5.69 Å². The Bertz CT molecular complexity index is 830. The summed E-state index contributed by atoms with van der Waals surface area (Å²) in [5, 5.41) is 3.59. The lowest BCUT2D eigenvalue weighted by molar-refractivity contribution is 0.220. The molecular formula is C19H18ClN3O. The van der Waals surface area contributed by atoms with E-state index in [2.05, 4.69) is 5.32 Å². The maximum absolute atomic E-state index is 12.4. The van der Waals surface area contributed by atoms with E-state index in [0.717, 1.165) is 16.9 Å². The summed E-state index contributed by atoms with van der Waals surface area (Å²) >= 11 is 5.98. The largest absolute Gasteiger partial charge is 0.324 e. The van der Waals surface area contributed by atoms with Crippen molar-refractivity contribution in [2.75, 3.05) is 12.4 Å². The lowest BCUT2D eigenvalue weighted by Gasteiger charge is -2.18. The van der Waals surface area contributed by atoms with E-state index in [-0.39, 0.29) is 6.03 Å². The first-order valence-electron chi connectivity index (χ1n) is 7.62. The highest BCUT2D eigenvalue weighted by Crippen LogP contribution is 2.16. The second-order valence-corrected chi connectivity index (χ2v) is 5.99. The molecule has 0 aliphatic rings. The van der Waals surface area contributed by atoms with Crippen LogP contribution in [0.1, 0.15) is 5.56 Å². The zero-order chi connectivity index (χ0) is 16.9. The van der Waals surface area contributed by atoms with Gasteiger partial charge in [-0.3, -0.25) is 0 Å². The number of aromatic nitrogens is 1. The smallest absolute Gasteiger partial charge is 0.321 e. The number of nitrogens with zero attached hydrogens (tertiary/aromatic N) is 2. The molecule has 4 nitrogen and oxygen atoms in total. The molecule has 24 heavy (non-hydrogen) atoms. The molecule has 5 heteroatoms. The fraction of sp³-hybridized carbons (Fsp3) is 0.105. The van der Waals surface area contributed by atoms with E-state index in [1.807, 2.05) is 77.6 Å². The number of benzene rings is 2. The molecular weight excluding hydrogens is 322 g/mol. The Kier molecular flexibility index (Phi) is 4.87. The van der Waals surface area contributed by atoms with Crippen LogP contribution in [0.2, 0.25) is 5.02 Å². The summed E-state index contributed by atoms with van der Waals surface area (Å²) in [6, 6.07) is 19.0. The van der Waals surface area contributed by atoms with Gasteiger partial charge in [-0.05, 0) is 48.0 Å². The molecule has 0 aliphatic heterocycles. The topological polar surface area (TPSA) is 37.3 Å². The van der Waals surface area contributed by atoms with Gasteiger partial charge in [-0.2, -0.15) is 0 Å². The first kappa shape index (κ1) is 16.1. The highest BCUT2D eigenvalue weighted by molar-refractivity contribution is 6.30. The van der Waals surface area contributed by atoms with Crippen LogP contribution in [-0.4, -0.2) is 22.5 Å². The fourth-order valence-corrected chi connectivity index (χ4v) is 2.66. The van der Waals surface area contributed by atoms with Crippen molar-refractivity contribution in [1.29, 1.82) is 0 Å². The van der Waals surface area contributed by atoms with Gasteiger partial charge in [0.25, 0.3) is 0 Å². The summed E-state index contributed by atoms with van der Waals surface area (Å²) in [6.45, 7) is 0.490. The SMILES string of the molecule is CN(Cc1cccc(Cl)c1)C(=O)Nc1cccc(-n2cccc2)c1. The Morgan fingerprint density at radius 3 is 2.58 bits per heavy atom. The highest BCUT2D eigenvalue weighted by atomic mass is 35.5. The maximum atomic E-state index is 12.4. The van der Waals surface area contributed by atoms with Gasteiger partial charge in [0.15, 0.2) is 0 Å². The van der Waals surface area contributed by atoms with Crippen LogP contribution < -0.4 is 5.32 Å². The van der Waals surface area contributed by atoms with Gasteiger partial charge in [-0.25, -0.2) is 4.79 Å². The summed E-state index contributed by atoms with van der Waals surface area (Å²) < 4.78 is 1.99. The number of hydrogen-bond acceptors (Lipinski definition) is 1. The Labute approximate surface area is 146 Å². The van der Waals surface area contributed by atoms with Crippen molar-refractivity contribution in [2.45, 2.75) is 6.54 Å². The van der Waals surface area contributed by atoms with Gasteiger partial charge in [0.05, 0.1) is 0 Å². The van der Waals surface area contributed by atoms with Gasteiger partial charge in [0.1, 0.15) is 0 Å². The summed E-state index contributed by atoms with van der Waals surface area (Å²) in [5.41, 5.74) is 2.74. The van der Waals surface area contributed by atoms with Gasteiger partial charge >= 0.3 is 6.03 Å². The van der Waals surface area contributed by atoms with Crippen LogP contribution in [0.15, 0.2) is 73.1 Å². The molecule has 2 amide bonds. The lowest BCUT2D eigenvalue weighted by atomic mass is 10.2. The Hall–Kier alpha value is -2.72. The molecule has 122 valence electrons. The minimum Gasteiger partial charge on any atom is -0.324 e. The third kappa shape index (κ3) is 3.97. The van der Waals surface area contributed by atoms with E-state index in [9.17, 15) is 4.79 Å². The number of rotatable bonds is 4. The van der Waals surface area contributed by atoms with Gasteiger partial charge in [0.2, 0.25) is 0 Å². The van der Waals surface area contributed by atoms with Crippen molar-refractivity contribution in [3.05, 3.63) is 83.6 Å². The zero-order valence-electron chi connectivity index (χ0n) is 13.3. The predicted molar refractivity (Wildman–Crippen MR) is 97.7 cm³/mol. The number of nitrogens with one attached hydrogen (secondary N) is 1. The average Bonchev–Trinajstić information content (AvgIpc) is 3.09. The molecule has 0 unspecified atom stereocenters. The summed E-state index contributed by atoms with van der Waals surface area (Å²) in [6.07, 6.45) is 3.93. The third-order valence-corrected chi connectivity index (χ3v) is 3.89. The van der Waals surface area contributed by atoms with E-state index >= 15 is 0 Å². The third-order valence-electron chi connectivity index (χ3n) is 3.66. The molecule has 1 heterocycles. The van der Waals surface area contributed by atoms with Crippen LogP contribution in [-0.2, 0) is 6.54 Å². The summed E-state index contributed by atoms with van der Waals surface area (Å²) in [5.74, 6) is 0. The molecule has 3 rings (SSSR count). The minimum atomic E-state index is -0.167. The van der Waals surface area contributed by atoms with Crippen LogP contribution in [0.3, 0.4) is 0 Å². The molecule has 0 saturated heterocycles. The number of amides is 2. The Morgan fingerprint density at radius 2 is 1.83 bits per heavy atom. The van der Waals surface area contributed by atoms with Gasteiger partial charge in [-0.15, -0.1) is 0 Å². The highest BCUT2D eigenvalue weighted by Gasteiger charge is 2.10. The number of anilines is 1. The second kappa shape index (κ2) is 7.23. The average molecular weight is 340 g/mol. The zero-order valence-corrected chi connectivity index (χ0v) is 14.1. The standard InChI is InChI=1S/C19H18ClN3O/c1-22(14-15-6-4-7-16(20)12-15)19(24)21-17-8-5-9-18(13-17)23-10-2-3-11-23/h2-13H,14H2,1H3,(H,21,24). The maximum Gasteiger partial charge on any atom is 0.321 e. The quantitative estimate of drug-likeness (QED) is 0.728. The molecule has 1 aromatic heterocycles. The van der Waals surface area contributed by atoms with Crippen molar-refractivity contribution in [1.82, 2.24) is 9.47 Å². The first-order chi connectivity index (χ1) is 11.6. The normalized spacial score (nSPS) is 10.4. The van der Waals surface area contributed by atoms with Gasteiger partial charge in [-0.1, -0.05) is 29.8 Å². The van der Waals surface area contributed by atoms with Crippen LogP contribution >= 0.6 is 11.6 Å². The first-order valence-corrected chi connectivity index (χ1v) is 7.99. The lowest BCUT2D eigenvalue weighted by Crippen LogP contribution is -2.30. The van der Waals surface area contributed by atoms with E-state index in [0.29, 0.717) is 11.6 Å². The number of carbonyl (C=O) groups excluding carboxylic acids is 1. The van der Waals surface area contributed by atoms with E-state index < -0.39 is 0 Å². The van der Waals surface area contributed by atoms with Gasteiger partial charge < -0.3 is 14.8 Å². The summed E-state index contributed by atoms with van der Waals surface area (Å²) in [7, 11) is 1.76. The van der Waals surface area contributed by atoms with Crippen LogP contribution in [0, 0.1) is 0 Å². The second-order valence-electron chi connectivity index (χ2n) is 5.56. The molecule has 0 spiro atoms. The molecule has 3 aromatic rings. The van der Waals surface area contributed by atoms with Crippen molar-refractivity contribution in [3.63, 3.8) is 0 Å². The Balaban J connectivity index is 1.67. The molecule has 0 bridgehead atoms. The van der Waals surface area contributed by atoms with E-state index in [1.165, 1.54) is 0 Å². The number of halogens is 1.